The molecule has 0 aliphatic heterocycles. The van der Waals surface area contributed by atoms with Gasteiger partial charge in [0, 0.05) is 24.0 Å². The van der Waals surface area contributed by atoms with E-state index in [0.29, 0.717) is 24.0 Å². The van der Waals surface area contributed by atoms with Crippen LogP contribution in [0.3, 0.4) is 0 Å². The molecule has 0 N–H and O–H groups in total. The highest BCUT2D eigenvalue weighted by molar-refractivity contribution is 6.08. The maximum absolute atomic E-state index is 11.9. The molecule has 4 nitrogen and oxygen atoms in total. The van der Waals surface area contributed by atoms with E-state index in [1.807, 2.05) is 12.1 Å². The summed E-state index contributed by atoms with van der Waals surface area (Å²) in [7, 11) is 0. The van der Waals surface area contributed by atoms with E-state index in [4.69, 9.17) is 0 Å². The van der Waals surface area contributed by atoms with Crippen molar-refractivity contribution in [2.75, 3.05) is 0 Å². The number of ketones is 4. The molecule has 0 heterocycles. The van der Waals surface area contributed by atoms with Crippen molar-refractivity contribution in [3.8, 4) is 0 Å². The van der Waals surface area contributed by atoms with Crippen LogP contribution in [0.2, 0.25) is 0 Å². The van der Waals surface area contributed by atoms with E-state index in [1.54, 1.807) is 48.5 Å². The molecule has 0 aliphatic rings. The molecule has 4 heteroatoms. The van der Waals surface area contributed by atoms with Gasteiger partial charge in [-0.2, -0.15) is 0 Å². The Hall–Kier alpha value is -2.88. The molecule has 0 fully saturated rings. The van der Waals surface area contributed by atoms with Crippen LogP contribution >= 0.6 is 0 Å². The molecule has 0 aromatic heterocycles. The van der Waals surface area contributed by atoms with Crippen molar-refractivity contribution in [2.45, 2.75) is 38.5 Å². The Kier molecular flexibility index (Phi) is 7.62. The van der Waals surface area contributed by atoms with Gasteiger partial charge in [0.05, 0.1) is 12.8 Å². The summed E-state index contributed by atoms with van der Waals surface area (Å²) in [6.45, 7) is 0. The van der Waals surface area contributed by atoms with Crippen molar-refractivity contribution in [3.05, 3.63) is 71.8 Å². The highest BCUT2D eigenvalue weighted by atomic mass is 16.2. The molecule has 2 aromatic carbocycles. The topological polar surface area (TPSA) is 68.3 Å². The van der Waals surface area contributed by atoms with Crippen LogP contribution in [-0.2, 0) is 9.59 Å². The number of unbranched alkanes of at least 4 members (excludes halogenated alkanes) is 1. The lowest BCUT2D eigenvalue weighted by Crippen LogP contribution is -2.09. The highest BCUT2D eigenvalue weighted by Gasteiger charge is 2.13. The van der Waals surface area contributed by atoms with Gasteiger partial charge in [0.15, 0.2) is 11.6 Å². The summed E-state index contributed by atoms with van der Waals surface area (Å²) in [4.78, 5) is 47.6. The predicted molar refractivity (Wildman–Crippen MR) is 99.3 cm³/mol. The van der Waals surface area contributed by atoms with Crippen LogP contribution in [0.15, 0.2) is 60.7 Å². The molecule has 0 spiro atoms. The molecule has 0 bridgehead atoms. The van der Waals surface area contributed by atoms with Crippen molar-refractivity contribution in [1.29, 1.82) is 0 Å². The summed E-state index contributed by atoms with van der Waals surface area (Å²) in [5.41, 5.74) is 1.07. The normalized spacial score (nSPS) is 10.3. The van der Waals surface area contributed by atoms with Gasteiger partial charge in [-0.15, -0.1) is 0 Å². The monoisotopic (exact) mass is 350 g/mol. The van der Waals surface area contributed by atoms with E-state index < -0.39 is 0 Å². The first-order valence-corrected chi connectivity index (χ1v) is 8.76. The van der Waals surface area contributed by atoms with E-state index in [0.717, 1.165) is 0 Å². The first-order chi connectivity index (χ1) is 12.6. The fourth-order valence-electron chi connectivity index (χ4n) is 2.63. The van der Waals surface area contributed by atoms with Crippen LogP contribution in [0, 0.1) is 0 Å². The van der Waals surface area contributed by atoms with Gasteiger partial charge in [0.2, 0.25) is 0 Å². The molecule has 0 atom stereocenters. The van der Waals surface area contributed by atoms with Gasteiger partial charge >= 0.3 is 0 Å². The number of carbonyl (C=O) groups is 4. The number of Topliss-reactive ketones (excluding diaryl/α,β-unsaturated/α-hetero) is 4. The Morgan fingerprint density at radius 3 is 1.23 bits per heavy atom. The zero-order valence-corrected chi connectivity index (χ0v) is 14.6. The van der Waals surface area contributed by atoms with E-state index in [1.165, 1.54) is 0 Å². The third-order valence-corrected chi connectivity index (χ3v) is 4.07. The van der Waals surface area contributed by atoms with Crippen molar-refractivity contribution >= 4 is 23.1 Å². The molecular formula is C22H22O4. The Morgan fingerprint density at radius 1 is 0.538 bits per heavy atom. The lowest BCUT2D eigenvalue weighted by Gasteiger charge is -2.03. The van der Waals surface area contributed by atoms with Crippen molar-refractivity contribution in [3.63, 3.8) is 0 Å². The standard InChI is InChI=1S/C22H22O4/c23-19(15-21(25)17-9-3-1-4-10-17)13-7-8-14-20(24)16-22(26)18-11-5-2-6-12-18/h1-6,9-12H,7-8,13-16H2. The number of hydrogen-bond acceptors (Lipinski definition) is 4. The maximum atomic E-state index is 11.9. The Bertz CT molecular complexity index is 696. The minimum atomic E-state index is -0.180. The number of benzene rings is 2. The van der Waals surface area contributed by atoms with Crippen LogP contribution in [-0.4, -0.2) is 23.1 Å². The molecule has 2 rings (SSSR count). The molecule has 2 aromatic rings. The average molecular weight is 350 g/mol. The third kappa shape index (κ3) is 6.55. The summed E-state index contributed by atoms with van der Waals surface area (Å²) in [6.07, 6.45) is 1.43. The summed E-state index contributed by atoms with van der Waals surface area (Å²) in [5.74, 6) is -0.599. The van der Waals surface area contributed by atoms with Crippen molar-refractivity contribution < 1.29 is 19.2 Å². The smallest absolute Gasteiger partial charge is 0.170 e. The van der Waals surface area contributed by atoms with Crippen LogP contribution in [0.5, 0.6) is 0 Å². The second-order valence-corrected chi connectivity index (χ2v) is 6.22. The summed E-state index contributed by atoms with van der Waals surface area (Å²) in [5, 5.41) is 0. The Morgan fingerprint density at radius 2 is 0.885 bits per heavy atom. The molecule has 0 saturated heterocycles. The van der Waals surface area contributed by atoms with Gasteiger partial charge in [0.25, 0.3) is 0 Å². The van der Waals surface area contributed by atoms with Crippen LogP contribution in [0.4, 0.5) is 0 Å². The first-order valence-electron chi connectivity index (χ1n) is 8.76. The van der Waals surface area contributed by atoms with Crippen LogP contribution in [0.1, 0.15) is 59.2 Å². The summed E-state index contributed by atoms with van der Waals surface area (Å²) < 4.78 is 0. The van der Waals surface area contributed by atoms with Gasteiger partial charge in [-0.25, -0.2) is 0 Å². The van der Waals surface area contributed by atoms with Gasteiger partial charge in [-0.1, -0.05) is 60.7 Å². The second-order valence-electron chi connectivity index (χ2n) is 6.22. The predicted octanol–water partition coefficient (Wildman–Crippen LogP) is 4.23. The second kappa shape index (κ2) is 10.2. The quantitative estimate of drug-likeness (QED) is 0.345. The minimum Gasteiger partial charge on any atom is -0.299 e. The summed E-state index contributed by atoms with van der Waals surface area (Å²) >= 11 is 0. The fourth-order valence-corrected chi connectivity index (χ4v) is 2.63. The lowest BCUT2D eigenvalue weighted by molar-refractivity contribution is -0.120. The van der Waals surface area contributed by atoms with Gasteiger partial charge in [-0.05, 0) is 12.8 Å². The maximum Gasteiger partial charge on any atom is 0.170 e. The van der Waals surface area contributed by atoms with Gasteiger partial charge in [-0.3, -0.25) is 19.2 Å². The van der Waals surface area contributed by atoms with E-state index in [-0.39, 0.29) is 48.8 Å². The molecule has 0 radical (unpaired) electrons. The van der Waals surface area contributed by atoms with Crippen LogP contribution in [0.25, 0.3) is 0 Å². The SMILES string of the molecule is O=C(CCCCC(=O)CC(=O)c1ccccc1)CC(=O)c1ccccc1. The number of rotatable bonds is 11. The third-order valence-electron chi connectivity index (χ3n) is 4.07. The Balaban J connectivity index is 1.63. The first kappa shape index (κ1) is 19.4. The average Bonchev–Trinajstić information content (AvgIpc) is 2.66. The zero-order valence-electron chi connectivity index (χ0n) is 14.6. The molecular weight excluding hydrogens is 328 g/mol. The van der Waals surface area contributed by atoms with Crippen molar-refractivity contribution in [2.24, 2.45) is 0 Å². The molecule has 26 heavy (non-hydrogen) atoms. The minimum absolute atomic E-state index is 0.107. The van der Waals surface area contributed by atoms with E-state index >= 15 is 0 Å². The molecule has 0 saturated carbocycles. The summed E-state index contributed by atoms with van der Waals surface area (Å²) in [6, 6.07) is 17.5. The van der Waals surface area contributed by atoms with Gasteiger partial charge in [0.1, 0.15) is 11.6 Å². The number of carbonyl (C=O) groups excluding carboxylic acids is 4. The molecule has 0 aliphatic carbocycles. The zero-order chi connectivity index (χ0) is 18.8. The fraction of sp³-hybridized carbons (Fsp3) is 0.273. The molecule has 0 amide bonds. The Labute approximate surface area is 153 Å². The molecule has 134 valence electrons. The van der Waals surface area contributed by atoms with Crippen molar-refractivity contribution in [1.82, 2.24) is 0 Å². The lowest BCUT2D eigenvalue weighted by atomic mass is 10.0. The largest absolute Gasteiger partial charge is 0.299 e. The molecule has 0 unspecified atom stereocenters. The van der Waals surface area contributed by atoms with E-state index in [2.05, 4.69) is 0 Å². The number of hydrogen-bond donors (Lipinski definition) is 0. The van der Waals surface area contributed by atoms with E-state index in [9.17, 15) is 19.2 Å². The highest BCUT2D eigenvalue weighted by Crippen LogP contribution is 2.10. The van der Waals surface area contributed by atoms with Gasteiger partial charge < -0.3 is 0 Å². The van der Waals surface area contributed by atoms with Crippen LogP contribution < -0.4 is 0 Å².